The van der Waals surface area contributed by atoms with Gasteiger partial charge in [0.05, 0.1) is 6.54 Å². The van der Waals surface area contributed by atoms with Crippen LogP contribution in [0.25, 0.3) is 11.1 Å². The van der Waals surface area contributed by atoms with E-state index in [-0.39, 0.29) is 0 Å². The van der Waals surface area contributed by atoms with E-state index in [0.29, 0.717) is 12.0 Å². The Balaban J connectivity index is 1.55. The number of hydrogen-bond acceptors (Lipinski definition) is 5. The number of anilines is 1. The van der Waals surface area contributed by atoms with Crippen molar-refractivity contribution in [3.8, 4) is 23.0 Å². The summed E-state index contributed by atoms with van der Waals surface area (Å²) in [5.74, 6) is 8.09. The highest BCUT2D eigenvalue weighted by Gasteiger charge is 2.24. The zero-order valence-corrected chi connectivity index (χ0v) is 16.1. The van der Waals surface area contributed by atoms with Gasteiger partial charge in [-0.25, -0.2) is 9.97 Å². The van der Waals surface area contributed by atoms with E-state index in [2.05, 4.69) is 69.6 Å². The van der Waals surface area contributed by atoms with E-state index in [1.54, 1.807) is 11.3 Å². The molecule has 5 heteroatoms. The van der Waals surface area contributed by atoms with Gasteiger partial charge in [0.25, 0.3) is 0 Å². The Morgan fingerprint density at radius 2 is 1.80 bits per heavy atom. The first-order valence-corrected chi connectivity index (χ1v) is 9.78. The maximum Gasteiger partial charge on any atom is 0.225 e. The first kappa shape index (κ1) is 17.9. The molecule has 25 heavy (non-hydrogen) atoms. The molecule has 0 unspecified atom stereocenters. The van der Waals surface area contributed by atoms with E-state index >= 15 is 0 Å². The zero-order valence-electron chi connectivity index (χ0n) is 15.3. The van der Waals surface area contributed by atoms with Crippen LogP contribution in [0, 0.1) is 17.8 Å². The van der Waals surface area contributed by atoms with Gasteiger partial charge in [0.2, 0.25) is 5.95 Å². The summed E-state index contributed by atoms with van der Waals surface area (Å²) in [6, 6.07) is 2.62. The summed E-state index contributed by atoms with van der Waals surface area (Å²) < 4.78 is 0. The SMILES string of the molecule is CN(C)CC#CC1CCC(N(C)c2ncc(-c3ccsc3)cn2)CC1. The number of thiophene rings is 1. The molecule has 1 aliphatic rings. The quantitative estimate of drug-likeness (QED) is 0.783. The van der Waals surface area contributed by atoms with Gasteiger partial charge in [-0.05, 0) is 62.2 Å². The molecule has 0 bridgehead atoms. The smallest absolute Gasteiger partial charge is 0.225 e. The van der Waals surface area contributed by atoms with Crippen molar-refractivity contribution in [3.63, 3.8) is 0 Å². The van der Waals surface area contributed by atoms with E-state index in [1.807, 2.05) is 12.4 Å². The molecule has 0 spiro atoms. The average molecular weight is 355 g/mol. The molecular formula is C20H26N4S. The standard InChI is InChI=1S/C20H26N4S/c1-23(2)11-4-5-16-6-8-19(9-7-16)24(3)20-21-13-18(14-22-20)17-10-12-25-15-17/h10,12-16,19H,6-9,11H2,1-3H3. The van der Waals surface area contributed by atoms with Gasteiger partial charge in [-0.3, -0.25) is 4.90 Å². The van der Waals surface area contributed by atoms with Crippen LogP contribution in [-0.2, 0) is 0 Å². The zero-order chi connectivity index (χ0) is 17.6. The number of nitrogens with zero attached hydrogens (tertiary/aromatic N) is 4. The second kappa shape index (κ2) is 8.46. The van der Waals surface area contributed by atoms with Crippen LogP contribution < -0.4 is 4.90 Å². The molecule has 0 aliphatic heterocycles. The van der Waals surface area contributed by atoms with Crippen molar-refractivity contribution in [1.29, 1.82) is 0 Å². The molecule has 1 aliphatic carbocycles. The van der Waals surface area contributed by atoms with Crippen LogP contribution in [0.5, 0.6) is 0 Å². The summed E-state index contributed by atoms with van der Waals surface area (Å²) >= 11 is 1.70. The Bertz CT molecular complexity index is 704. The fourth-order valence-electron chi connectivity index (χ4n) is 3.20. The highest BCUT2D eigenvalue weighted by atomic mass is 32.1. The summed E-state index contributed by atoms with van der Waals surface area (Å²) in [5.41, 5.74) is 2.27. The van der Waals surface area contributed by atoms with Crippen molar-refractivity contribution < 1.29 is 0 Å². The predicted molar refractivity (Wildman–Crippen MR) is 106 cm³/mol. The van der Waals surface area contributed by atoms with Gasteiger partial charge in [0.1, 0.15) is 0 Å². The van der Waals surface area contributed by atoms with Crippen molar-refractivity contribution in [2.75, 3.05) is 32.6 Å². The van der Waals surface area contributed by atoms with Gasteiger partial charge >= 0.3 is 0 Å². The minimum absolute atomic E-state index is 0.513. The van der Waals surface area contributed by atoms with Crippen LogP contribution in [0.1, 0.15) is 25.7 Å². The molecule has 2 aromatic heterocycles. The summed E-state index contributed by atoms with van der Waals surface area (Å²) in [6.45, 7) is 0.851. The number of aromatic nitrogens is 2. The van der Waals surface area contributed by atoms with Crippen molar-refractivity contribution in [2.24, 2.45) is 5.92 Å². The second-order valence-electron chi connectivity index (χ2n) is 6.96. The maximum absolute atomic E-state index is 4.58. The molecule has 0 aromatic carbocycles. The van der Waals surface area contributed by atoms with Crippen molar-refractivity contribution in [3.05, 3.63) is 29.2 Å². The first-order chi connectivity index (χ1) is 12.1. The van der Waals surface area contributed by atoms with Crippen molar-refractivity contribution in [2.45, 2.75) is 31.7 Å². The lowest BCUT2D eigenvalue weighted by Crippen LogP contribution is -2.36. The molecule has 2 heterocycles. The average Bonchev–Trinajstić information content (AvgIpc) is 3.16. The van der Waals surface area contributed by atoms with Crippen molar-refractivity contribution in [1.82, 2.24) is 14.9 Å². The summed E-state index contributed by atoms with van der Waals surface area (Å²) in [5, 5.41) is 4.20. The molecule has 0 N–H and O–H groups in total. The molecule has 1 fully saturated rings. The molecule has 0 saturated heterocycles. The van der Waals surface area contributed by atoms with Crippen LogP contribution in [0.3, 0.4) is 0 Å². The Hall–Kier alpha value is -1.90. The van der Waals surface area contributed by atoms with E-state index in [0.717, 1.165) is 30.9 Å². The van der Waals surface area contributed by atoms with Crippen LogP contribution in [0.15, 0.2) is 29.2 Å². The molecule has 4 nitrogen and oxygen atoms in total. The van der Waals surface area contributed by atoms with E-state index < -0.39 is 0 Å². The lowest BCUT2D eigenvalue weighted by molar-refractivity contribution is 0.371. The van der Waals surface area contributed by atoms with Gasteiger partial charge in [-0.2, -0.15) is 11.3 Å². The van der Waals surface area contributed by atoms with Gasteiger partial charge in [0.15, 0.2) is 0 Å². The molecule has 2 aromatic rings. The van der Waals surface area contributed by atoms with Crippen LogP contribution in [0.4, 0.5) is 5.95 Å². The number of hydrogen-bond donors (Lipinski definition) is 0. The van der Waals surface area contributed by atoms with E-state index in [9.17, 15) is 0 Å². The second-order valence-corrected chi connectivity index (χ2v) is 7.74. The largest absolute Gasteiger partial charge is 0.341 e. The van der Waals surface area contributed by atoms with Crippen LogP contribution in [0.2, 0.25) is 0 Å². The minimum atomic E-state index is 0.513. The van der Waals surface area contributed by atoms with Crippen LogP contribution in [-0.4, -0.2) is 48.6 Å². The van der Waals surface area contributed by atoms with E-state index in [1.165, 1.54) is 18.4 Å². The molecule has 0 atom stereocenters. The molecule has 3 rings (SSSR count). The molecular weight excluding hydrogens is 328 g/mol. The lowest BCUT2D eigenvalue weighted by Gasteiger charge is -2.33. The summed E-state index contributed by atoms with van der Waals surface area (Å²) in [4.78, 5) is 13.5. The van der Waals surface area contributed by atoms with Crippen molar-refractivity contribution >= 4 is 17.3 Å². The highest BCUT2D eigenvalue weighted by Crippen LogP contribution is 2.28. The Labute approximate surface area is 154 Å². The van der Waals surface area contributed by atoms with E-state index in [4.69, 9.17) is 0 Å². The third kappa shape index (κ3) is 4.81. The Morgan fingerprint density at radius 3 is 2.40 bits per heavy atom. The fraction of sp³-hybridized carbons (Fsp3) is 0.500. The predicted octanol–water partition coefficient (Wildman–Crippen LogP) is 3.77. The molecule has 0 amide bonds. The molecule has 0 radical (unpaired) electrons. The fourth-order valence-corrected chi connectivity index (χ4v) is 3.87. The van der Waals surface area contributed by atoms with Gasteiger partial charge in [0, 0.05) is 37.0 Å². The highest BCUT2D eigenvalue weighted by molar-refractivity contribution is 7.08. The first-order valence-electron chi connectivity index (χ1n) is 8.84. The monoisotopic (exact) mass is 354 g/mol. The molecule has 1 saturated carbocycles. The van der Waals surface area contributed by atoms with Crippen LogP contribution >= 0.6 is 11.3 Å². The normalized spacial score (nSPS) is 20.2. The summed E-state index contributed by atoms with van der Waals surface area (Å²) in [6.07, 6.45) is 8.52. The third-order valence-corrected chi connectivity index (χ3v) is 5.44. The summed E-state index contributed by atoms with van der Waals surface area (Å²) in [7, 11) is 6.23. The Morgan fingerprint density at radius 1 is 1.08 bits per heavy atom. The minimum Gasteiger partial charge on any atom is -0.341 e. The number of rotatable bonds is 4. The topological polar surface area (TPSA) is 32.3 Å². The maximum atomic E-state index is 4.58. The third-order valence-electron chi connectivity index (χ3n) is 4.75. The van der Waals surface area contributed by atoms with Gasteiger partial charge < -0.3 is 4.90 Å². The Kier molecular flexibility index (Phi) is 6.06. The lowest BCUT2D eigenvalue weighted by atomic mass is 9.86. The van der Waals surface area contributed by atoms with Gasteiger partial charge in [-0.15, -0.1) is 0 Å². The van der Waals surface area contributed by atoms with Gasteiger partial charge in [-0.1, -0.05) is 11.8 Å². The molecule has 132 valence electrons.